The van der Waals surface area contributed by atoms with Gasteiger partial charge in [-0.2, -0.15) is 0 Å². The summed E-state index contributed by atoms with van der Waals surface area (Å²) in [7, 11) is 1.69. The molecule has 2 aromatic carbocycles. The minimum Gasteiger partial charge on any atom is -0.493 e. The van der Waals surface area contributed by atoms with Crippen molar-refractivity contribution in [2.45, 2.75) is 70.2 Å². The number of hydrogen-bond acceptors (Lipinski definition) is 6. The average molecular weight is 618 g/mol. The van der Waals surface area contributed by atoms with Gasteiger partial charge in [0, 0.05) is 42.4 Å². The molecule has 12 heteroatoms. The molecule has 0 saturated carbocycles. The maximum Gasteiger partial charge on any atom is 0.246 e. The molecule has 0 spiro atoms. The number of nitrogens with zero attached hydrogens (tertiary/aromatic N) is 2. The molecule has 0 unspecified atom stereocenters. The predicted octanol–water partition coefficient (Wildman–Crippen LogP) is 3.34. The highest BCUT2D eigenvalue weighted by Crippen LogP contribution is 2.38. The third kappa shape index (κ3) is 6.15. The first kappa shape index (κ1) is 31.0. The summed E-state index contributed by atoms with van der Waals surface area (Å²) in [6.45, 7) is 6.19. The van der Waals surface area contributed by atoms with Crippen molar-refractivity contribution in [3.63, 3.8) is 0 Å². The molecule has 43 heavy (non-hydrogen) atoms. The number of carbonyl (C=O) groups is 3. The van der Waals surface area contributed by atoms with E-state index in [1.807, 2.05) is 32.9 Å². The van der Waals surface area contributed by atoms with Crippen molar-refractivity contribution in [1.29, 1.82) is 0 Å². The number of piperazine rings is 1. The molecule has 3 amide bonds. The topological polar surface area (TPSA) is 103 Å². The van der Waals surface area contributed by atoms with Gasteiger partial charge in [0.05, 0.1) is 30.3 Å². The van der Waals surface area contributed by atoms with Crippen molar-refractivity contribution < 1.29 is 27.9 Å². The smallest absolute Gasteiger partial charge is 0.246 e. The van der Waals surface area contributed by atoms with Crippen LogP contribution >= 0.6 is 11.6 Å². The van der Waals surface area contributed by atoms with Gasteiger partial charge < -0.3 is 30.5 Å². The SMILES string of the molecule is CC[C@H](NC)C(=O)N[C@H](C(=O)N1C[C@@H]2Cc3cc(Cl)ccc3N2C[C@H]1C(=O)N[C@@H]1CCOc2cc(F)cc(F)c21)C(C)C. The van der Waals surface area contributed by atoms with E-state index in [0.29, 0.717) is 17.9 Å². The van der Waals surface area contributed by atoms with Crippen LogP contribution < -0.4 is 25.6 Å². The lowest BCUT2D eigenvalue weighted by Crippen LogP contribution is -2.67. The molecular weight excluding hydrogens is 580 g/mol. The fourth-order valence-electron chi connectivity index (χ4n) is 6.40. The Morgan fingerprint density at radius 3 is 2.60 bits per heavy atom. The Kier molecular flexibility index (Phi) is 9.12. The second-order valence-electron chi connectivity index (χ2n) is 11.8. The van der Waals surface area contributed by atoms with Crippen LogP contribution in [0.5, 0.6) is 5.75 Å². The quantitative estimate of drug-likeness (QED) is 0.420. The van der Waals surface area contributed by atoms with Gasteiger partial charge in [-0.25, -0.2) is 8.78 Å². The number of carbonyl (C=O) groups excluding carboxylic acids is 3. The molecular formula is C31H38ClF2N5O4. The number of nitrogens with one attached hydrogen (secondary N) is 3. The molecule has 3 aliphatic rings. The van der Waals surface area contributed by atoms with Gasteiger partial charge in [-0.15, -0.1) is 0 Å². The summed E-state index contributed by atoms with van der Waals surface area (Å²) in [6, 6.07) is 4.37. The van der Waals surface area contributed by atoms with Crippen LogP contribution in [0, 0.1) is 17.6 Å². The Hall–Kier alpha value is -3.44. The fraction of sp³-hybridized carbons (Fsp3) is 0.516. The van der Waals surface area contributed by atoms with E-state index in [-0.39, 0.29) is 61.2 Å². The molecule has 232 valence electrons. The molecule has 1 saturated heterocycles. The zero-order chi connectivity index (χ0) is 31.0. The Morgan fingerprint density at radius 1 is 1.14 bits per heavy atom. The largest absolute Gasteiger partial charge is 0.493 e. The van der Waals surface area contributed by atoms with Crippen LogP contribution in [0.25, 0.3) is 0 Å². The normalized spacial score (nSPS) is 22.2. The van der Waals surface area contributed by atoms with Crippen LogP contribution in [0.1, 0.15) is 50.8 Å². The molecule has 5 rings (SSSR count). The molecule has 9 nitrogen and oxygen atoms in total. The minimum absolute atomic E-state index is 0.0497. The van der Waals surface area contributed by atoms with Crippen LogP contribution in [-0.4, -0.2) is 73.5 Å². The molecule has 5 atom stereocenters. The summed E-state index contributed by atoms with van der Waals surface area (Å²) in [4.78, 5) is 45.0. The van der Waals surface area contributed by atoms with Gasteiger partial charge in [0.15, 0.2) is 0 Å². The molecule has 0 radical (unpaired) electrons. The first-order chi connectivity index (χ1) is 20.5. The second-order valence-corrected chi connectivity index (χ2v) is 12.2. The highest BCUT2D eigenvalue weighted by molar-refractivity contribution is 6.30. The third-order valence-corrected chi connectivity index (χ3v) is 8.91. The number of fused-ring (bicyclic) bond motifs is 4. The average Bonchev–Trinajstić information content (AvgIpc) is 3.31. The molecule has 0 aliphatic carbocycles. The zero-order valence-corrected chi connectivity index (χ0v) is 25.5. The van der Waals surface area contributed by atoms with Crippen molar-refractivity contribution in [1.82, 2.24) is 20.9 Å². The standard InChI is InChI=1S/C31H38ClF2N5O4/c1-5-22(35-4)29(40)37-28(16(2)3)31(42)39-14-20-11-17-10-18(32)6-7-24(17)38(20)15-25(39)30(41)36-23-8-9-43-26-13-19(33)12-21(34)27(23)26/h6-7,10,12-13,16,20,22-23,25,28,35H,5,8-9,11,14-15H2,1-4H3,(H,36,41)(H,37,40)/t20-,22-,23+,25-,28-/m0/s1. The highest BCUT2D eigenvalue weighted by atomic mass is 35.5. The van der Waals surface area contributed by atoms with E-state index in [1.165, 1.54) is 0 Å². The van der Waals surface area contributed by atoms with Crippen molar-refractivity contribution in [3.05, 3.63) is 58.1 Å². The first-order valence-electron chi connectivity index (χ1n) is 14.8. The molecule has 2 aromatic rings. The highest BCUT2D eigenvalue weighted by Gasteiger charge is 2.46. The lowest BCUT2D eigenvalue weighted by atomic mass is 9.96. The number of benzene rings is 2. The second kappa shape index (κ2) is 12.7. The number of amides is 3. The number of ether oxygens (including phenoxy) is 1. The fourth-order valence-corrected chi connectivity index (χ4v) is 6.60. The molecule has 0 aromatic heterocycles. The van der Waals surface area contributed by atoms with Crippen LogP contribution in [0.4, 0.5) is 14.5 Å². The van der Waals surface area contributed by atoms with Crippen LogP contribution in [0.2, 0.25) is 5.02 Å². The Morgan fingerprint density at radius 2 is 1.91 bits per heavy atom. The summed E-state index contributed by atoms with van der Waals surface area (Å²) < 4.78 is 34.2. The van der Waals surface area contributed by atoms with E-state index in [0.717, 1.165) is 23.4 Å². The molecule has 1 fully saturated rings. The number of hydrogen-bond donors (Lipinski definition) is 3. The van der Waals surface area contributed by atoms with E-state index in [2.05, 4.69) is 20.9 Å². The Labute approximate surface area is 255 Å². The van der Waals surface area contributed by atoms with Crippen molar-refractivity contribution in [2.24, 2.45) is 5.92 Å². The van der Waals surface area contributed by atoms with Gasteiger partial charge in [-0.3, -0.25) is 14.4 Å². The van der Waals surface area contributed by atoms with Gasteiger partial charge >= 0.3 is 0 Å². The summed E-state index contributed by atoms with van der Waals surface area (Å²) >= 11 is 6.27. The van der Waals surface area contributed by atoms with Crippen molar-refractivity contribution in [3.8, 4) is 5.75 Å². The summed E-state index contributed by atoms with van der Waals surface area (Å²) in [5.74, 6) is -2.89. The van der Waals surface area contributed by atoms with Crippen molar-refractivity contribution >= 4 is 35.0 Å². The Bertz CT molecular complexity index is 1400. The zero-order valence-electron chi connectivity index (χ0n) is 24.8. The van der Waals surface area contributed by atoms with E-state index >= 15 is 0 Å². The van der Waals surface area contributed by atoms with Gasteiger partial charge in [-0.05, 0) is 49.6 Å². The van der Waals surface area contributed by atoms with Gasteiger partial charge in [-0.1, -0.05) is 32.4 Å². The van der Waals surface area contributed by atoms with Gasteiger partial charge in [0.25, 0.3) is 0 Å². The summed E-state index contributed by atoms with van der Waals surface area (Å²) in [6.07, 6.45) is 1.47. The monoisotopic (exact) mass is 617 g/mol. The summed E-state index contributed by atoms with van der Waals surface area (Å²) in [5, 5.41) is 9.41. The van der Waals surface area contributed by atoms with E-state index in [9.17, 15) is 23.2 Å². The third-order valence-electron chi connectivity index (χ3n) is 8.68. The van der Waals surface area contributed by atoms with Crippen molar-refractivity contribution in [2.75, 3.05) is 31.6 Å². The predicted molar refractivity (Wildman–Crippen MR) is 159 cm³/mol. The van der Waals surface area contributed by atoms with Crippen LogP contribution in [0.3, 0.4) is 0 Å². The molecule has 3 aliphatic heterocycles. The number of rotatable bonds is 8. The van der Waals surface area contributed by atoms with Gasteiger partial charge in [0.2, 0.25) is 17.7 Å². The van der Waals surface area contributed by atoms with Crippen LogP contribution in [0.15, 0.2) is 30.3 Å². The number of anilines is 1. The van der Waals surface area contributed by atoms with E-state index in [4.69, 9.17) is 16.3 Å². The minimum atomic E-state index is -0.940. The number of halogens is 3. The Balaban J connectivity index is 1.45. The van der Waals surface area contributed by atoms with Gasteiger partial charge in [0.1, 0.15) is 29.5 Å². The maximum absolute atomic E-state index is 14.9. The maximum atomic E-state index is 14.9. The van der Waals surface area contributed by atoms with Crippen LogP contribution in [-0.2, 0) is 20.8 Å². The summed E-state index contributed by atoms with van der Waals surface area (Å²) in [5.41, 5.74) is 2.06. The van der Waals surface area contributed by atoms with E-state index in [1.54, 1.807) is 18.0 Å². The molecule has 0 bridgehead atoms. The number of likely N-dealkylation sites (N-methyl/N-ethyl adjacent to an activating group) is 1. The van der Waals surface area contributed by atoms with E-state index < -0.39 is 41.7 Å². The molecule has 3 N–H and O–H groups in total. The lowest BCUT2D eigenvalue weighted by Gasteiger charge is -2.45. The first-order valence-corrected chi connectivity index (χ1v) is 15.1. The molecule has 3 heterocycles. The lowest BCUT2D eigenvalue weighted by molar-refractivity contribution is -0.146.